The minimum atomic E-state index is -0.00278. The summed E-state index contributed by atoms with van der Waals surface area (Å²) in [5.74, 6) is 0. The molecule has 4 nitrogen and oxygen atoms in total. The molecule has 1 saturated carbocycles. The van der Waals surface area contributed by atoms with Crippen molar-refractivity contribution in [3.63, 3.8) is 0 Å². The summed E-state index contributed by atoms with van der Waals surface area (Å²) in [5, 5.41) is 9.83. The zero-order chi connectivity index (χ0) is 13.5. The summed E-state index contributed by atoms with van der Waals surface area (Å²) < 4.78 is 5.39. The Morgan fingerprint density at radius 3 is 2.79 bits per heavy atom. The van der Waals surface area contributed by atoms with Crippen molar-refractivity contribution in [2.45, 2.75) is 25.3 Å². The first-order valence-corrected chi connectivity index (χ1v) is 6.77. The molecule has 2 aromatic rings. The van der Waals surface area contributed by atoms with Gasteiger partial charge in [0.1, 0.15) is 5.52 Å². The van der Waals surface area contributed by atoms with E-state index < -0.39 is 0 Å². The van der Waals surface area contributed by atoms with Crippen LogP contribution in [0, 0.1) is 5.41 Å². The summed E-state index contributed by atoms with van der Waals surface area (Å²) in [7, 11) is 4.15. The first kappa shape index (κ1) is 12.6. The highest BCUT2D eigenvalue weighted by Gasteiger charge is 2.45. The normalized spacial score (nSPS) is 19.6. The number of aromatic nitrogens is 1. The summed E-state index contributed by atoms with van der Waals surface area (Å²) in [4.78, 5) is 6.35. The van der Waals surface area contributed by atoms with Crippen LogP contribution >= 0.6 is 0 Å². The number of oxazole rings is 1. The van der Waals surface area contributed by atoms with E-state index >= 15 is 0 Å². The van der Waals surface area contributed by atoms with Gasteiger partial charge in [-0.25, -0.2) is 4.98 Å². The molecule has 102 valence electrons. The second-order valence-corrected chi connectivity index (χ2v) is 5.82. The second kappa shape index (κ2) is 4.62. The van der Waals surface area contributed by atoms with Crippen molar-refractivity contribution < 1.29 is 9.52 Å². The number of benzene rings is 1. The van der Waals surface area contributed by atoms with Crippen molar-refractivity contribution in [2.24, 2.45) is 5.41 Å². The molecule has 0 spiro atoms. The van der Waals surface area contributed by atoms with E-state index in [2.05, 4.69) is 36.1 Å². The summed E-state index contributed by atoms with van der Waals surface area (Å²) in [5.41, 5.74) is 2.89. The Kier molecular flexibility index (Phi) is 3.07. The molecule has 0 bridgehead atoms. The van der Waals surface area contributed by atoms with Gasteiger partial charge in [-0.2, -0.15) is 0 Å². The molecule has 1 fully saturated rings. The average molecular weight is 260 g/mol. The Morgan fingerprint density at radius 2 is 2.21 bits per heavy atom. The van der Waals surface area contributed by atoms with Gasteiger partial charge in [0, 0.05) is 11.5 Å². The molecule has 1 atom stereocenters. The highest BCUT2D eigenvalue weighted by molar-refractivity contribution is 5.73. The van der Waals surface area contributed by atoms with Gasteiger partial charge in [-0.3, -0.25) is 0 Å². The maximum Gasteiger partial charge on any atom is 0.181 e. The molecule has 0 aliphatic heterocycles. The van der Waals surface area contributed by atoms with Crippen LogP contribution in [0.25, 0.3) is 11.1 Å². The molecule has 1 N–H and O–H groups in total. The van der Waals surface area contributed by atoms with Crippen LogP contribution in [0.3, 0.4) is 0 Å². The van der Waals surface area contributed by atoms with Gasteiger partial charge in [-0.1, -0.05) is 12.5 Å². The van der Waals surface area contributed by atoms with Crippen LogP contribution < -0.4 is 0 Å². The number of fused-ring (bicyclic) bond motifs is 1. The molecule has 4 heteroatoms. The van der Waals surface area contributed by atoms with E-state index in [1.54, 1.807) is 0 Å². The first-order chi connectivity index (χ1) is 9.16. The molecule has 0 amide bonds. The highest BCUT2D eigenvalue weighted by atomic mass is 16.3. The lowest BCUT2D eigenvalue weighted by Crippen LogP contribution is -2.45. The number of nitrogens with zero attached hydrogens (tertiary/aromatic N) is 2. The molecule has 0 saturated heterocycles. The number of aliphatic hydroxyl groups excluding tert-OH is 1. The maximum atomic E-state index is 9.83. The fourth-order valence-corrected chi connectivity index (χ4v) is 3.39. The van der Waals surface area contributed by atoms with Crippen LogP contribution in [0.15, 0.2) is 29.0 Å². The predicted molar refractivity (Wildman–Crippen MR) is 73.8 cm³/mol. The van der Waals surface area contributed by atoms with Crippen molar-refractivity contribution in [3.8, 4) is 0 Å². The Bertz CT molecular complexity index is 567. The van der Waals surface area contributed by atoms with Crippen LogP contribution in [0.4, 0.5) is 0 Å². The van der Waals surface area contributed by atoms with Crippen molar-refractivity contribution >= 4 is 11.1 Å². The third kappa shape index (κ3) is 1.95. The quantitative estimate of drug-likeness (QED) is 0.918. The molecule has 1 aliphatic rings. The fraction of sp³-hybridized carbons (Fsp3) is 0.533. The lowest BCUT2D eigenvalue weighted by molar-refractivity contribution is -0.0308. The molecule has 1 aliphatic carbocycles. The van der Waals surface area contributed by atoms with Crippen molar-refractivity contribution in [2.75, 3.05) is 20.7 Å². The van der Waals surface area contributed by atoms with Gasteiger partial charge in [-0.15, -0.1) is 0 Å². The smallest absolute Gasteiger partial charge is 0.181 e. The molecule has 1 aromatic heterocycles. The van der Waals surface area contributed by atoms with Gasteiger partial charge in [0.05, 0.1) is 6.61 Å². The van der Waals surface area contributed by atoms with Gasteiger partial charge in [0.15, 0.2) is 12.0 Å². The van der Waals surface area contributed by atoms with Crippen molar-refractivity contribution in [3.05, 3.63) is 30.2 Å². The van der Waals surface area contributed by atoms with Gasteiger partial charge in [0.25, 0.3) is 0 Å². The van der Waals surface area contributed by atoms with E-state index in [4.69, 9.17) is 4.42 Å². The number of rotatable bonds is 4. The maximum absolute atomic E-state index is 9.83. The predicted octanol–water partition coefficient (Wildman–Crippen LogP) is 2.59. The summed E-state index contributed by atoms with van der Waals surface area (Å²) in [6.07, 6.45) is 4.85. The Hall–Kier alpha value is -1.39. The minimum absolute atomic E-state index is 0.00278. The van der Waals surface area contributed by atoms with E-state index in [9.17, 15) is 5.11 Å². The summed E-state index contributed by atoms with van der Waals surface area (Å²) >= 11 is 0. The number of aliphatic hydroxyl groups is 1. The zero-order valence-electron chi connectivity index (χ0n) is 11.5. The van der Waals surface area contributed by atoms with Crippen LogP contribution in [0.1, 0.15) is 30.9 Å². The van der Waals surface area contributed by atoms with Crippen molar-refractivity contribution in [1.82, 2.24) is 9.88 Å². The molecule has 3 rings (SSSR count). The molecule has 0 radical (unpaired) electrons. The van der Waals surface area contributed by atoms with Gasteiger partial charge >= 0.3 is 0 Å². The Balaban J connectivity index is 2.03. The highest BCUT2D eigenvalue weighted by Crippen LogP contribution is 2.52. The number of hydrogen-bond donors (Lipinski definition) is 1. The third-order valence-electron chi connectivity index (χ3n) is 4.43. The Morgan fingerprint density at radius 1 is 1.42 bits per heavy atom. The van der Waals surface area contributed by atoms with Gasteiger partial charge in [-0.05, 0) is 44.6 Å². The van der Waals surface area contributed by atoms with Gasteiger partial charge in [0.2, 0.25) is 0 Å². The topological polar surface area (TPSA) is 49.5 Å². The van der Waals surface area contributed by atoms with E-state index in [0.29, 0.717) is 0 Å². The molecule has 1 aromatic carbocycles. The molecule has 1 heterocycles. The van der Waals surface area contributed by atoms with Crippen molar-refractivity contribution in [1.29, 1.82) is 0 Å². The minimum Gasteiger partial charge on any atom is -0.443 e. The average Bonchev–Trinajstić information content (AvgIpc) is 2.80. The lowest BCUT2D eigenvalue weighted by atomic mass is 9.62. The Labute approximate surface area is 113 Å². The SMILES string of the molecule is CN(C)C(c1ccc2ncoc2c1)C1(CO)CCC1. The summed E-state index contributed by atoms with van der Waals surface area (Å²) in [6, 6.07) is 6.38. The third-order valence-corrected chi connectivity index (χ3v) is 4.43. The molecule has 1 unspecified atom stereocenters. The number of hydrogen-bond acceptors (Lipinski definition) is 4. The van der Waals surface area contributed by atoms with E-state index in [1.165, 1.54) is 18.4 Å². The fourth-order valence-electron chi connectivity index (χ4n) is 3.39. The van der Waals surface area contributed by atoms with E-state index in [-0.39, 0.29) is 18.1 Å². The van der Waals surface area contributed by atoms with Crippen LogP contribution in [-0.4, -0.2) is 35.7 Å². The van der Waals surface area contributed by atoms with E-state index in [1.807, 2.05) is 6.07 Å². The monoisotopic (exact) mass is 260 g/mol. The summed E-state index contributed by atoms with van der Waals surface area (Å²) in [6.45, 7) is 0.240. The van der Waals surface area contributed by atoms with Crippen LogP contribution in [0.5, 0.6) is 0 Å². The molecular weight excluding hydrogens is 240 g/mol. The lowest BCUT2D eigenvalue weighted by Gasteiger charge is -2.49. The largest absolute Gasteiger partial charge is 0.443 e. The molecular formula is C15H20N2O2. The van der Waals surface area contributed by atoms with Gasteiger partial charge < -0.3 is 14.4 Å². The standard InChI is InChI=1S/C15H20N2O2/c1-17(2)14(15(9-18)6-3-7-15)11-4-5-12-13(8-11)19-10-16-12/h4-5,8,10,14,18H,3,6-7,9H2,1-2H3. The van der Waals surface area contributed by atoms with Crippen LogP contribution in [0.2, 0.25) is 0 Å². The molecule has 19 heavy (non-hydrogen) atoms. The second-order valence-electron chi connectivity index (χ2n) is 5.82. The zero-order valence-corrected chi connectivity index (χ0v) is 11.5. The first-order valence-electron chi connectivity index (χ1n) is 6.77. The van der Waals surface area contributed by atoms with E-state index in [0.717, 1.165) is 23.9 Å². The van der Waals surface area contributed by atoms with Crippen LogP contribution in [-0.2, 0) is 0 Å².